The Morgan fingerprint density at radius 3 is 2.37 bits per heavy atom. The fraction of sp³-hybridized carbons (Fsp3) is 0.348. The zero-order valence-electron chi connectivity index (χ0n) is 17.8. The number of hydrogen-bond acceptors (Lipinski definition) is 4. The number of rotatable bonds is 7. The van der Waals surface area contributed by atoms with Crippen LogP contribution in [0.1, 0.15) is 43.0 Å². The Morgan fingerprint density at radius 2 is 1.77 bits per heavy atom. The molecule has 0 saturated carbocycles. The van der Waals surface area contributed by atoms with E-state index in [2.05, 4.69) is 10.7 Å². The van der Waals surface area contributed by atoms with E-state index in [0.717, 1.165) is 10.6 Å². The smallest absolute Gasteiger partial charge is 0.318 e. The third-order valence-electron chi connectivity index (χ3n) is 5.74. The first-order chi connectivity index (χ1) is 14.3. The molecule has 0 aromatic heterocycles. The van der Waals surface area contributed by atoms with Gasteiger partial charge in [0, 0.05) is 6.04 Å². The Labute approximate surface area is 177 Å². The van der Waals surface area contributed by atoms with E-state index in [-0.39, 0.29) is 12.6 Å². The molecule has 0 aliphatic carbocycles. The van der Waals surface area contributed by atoms with Crippen molar-refractivity contribution in [2.24, 2.45) is 0 Å². The summed E-state index contributed by atoms with van der Waals surface area (Å²) >= 11 is 0. The van der Waals surface area contributed by atoms with Gasteiger partial charge in [0.2, 0.25) is 0 Å². The Morgan fingerprint density at radius 1 is 1.13 bits per heavy atom. The number of nitrogens with zero attached hydrogens (tertiary/aromatic N) is 2. The summed E-state index contributed by atoms with van der Waals surface area (Å²) in [5, 5.41) is 3.55. The van der Waals surface area contributed by atoms with Crippen LogP contribution in [0.25, 0.3) is 0 Å². The highest BCUT2D eigenvalue weighted by Crippen LogP contribution is 2.31. The zero-order chi connectivity index (χ0) is 21.9. The normalized spacial score (nSPS) is 19.7. The Balaban J connectivity index is 1.68. The summed E-state index contributed by atoms with van der Waals surface area (Å²) in [6.45, 7) is 5.89. The number of aryl methyl sites for hydroxylation is 1. The van der Waals surface area contributed by atoms with Crippen LogP contribution in [0.4, 0.5) is 4.79 Å². The number of benzene rings is 2. The minimum atomic E-state index is -1.17. The van der Waals surface area contributed by atoms with Crippen molar-refractivity contribution in [1.29, 1.82) is 0 Å². The molecule has 1 saturated heterocycles. The highest BCUT2D eigenvalue weighted by atomic mass is 16.2. The van der Waals surface area contributed by atoms with Gasteiger partial charge in [0.25, 0.3) is 11.8 Å². The van der Waals surface area contributed by atoms with Gasteiger partial charge in [-0.1, -0.05) is 67.1 Å². The fourth-order valence-electron chi connectivity index (χ4n) is 3.66. The summed E-state index contributed by atoms with van der Waals surface area (Å²) in [5.74, 6) is -0.913. The molecule has 2 unspecified atom stereocenters. The Bertz CT molecular complexity index is 929. The number of carbonyl (C=O) groups excluding carboxylic acids is 3. The molecule has 2 N–H and O–H groups in total. The van der Waals surface area contributed by atoms with Crippen molar-refractivity contribution in [2.45, 2.75) is 38.8 Å². The van der Waals surface area contributed by atoms with E-state index >= 15 is 0 Å². The minimum absolute atomic E-state index is 0.00138. The second-order valence-corrected chi connectivity index (χ2v) is 7.73. The van der Waals surface area contributed by atoms with Gasteiger partial charge in [-0.15, -0.1) is 0 Å². The fourth-order valence-corrected chi connectivity index (χ4v) is 3.66. The predicted molar refractivity (Wildman–Crippen MR) is 114 cm³/mol. The maximum Gasteiger partial charge on any atom is 0.344 e. The van der Waals surface area contributed by atoms with Crippen molar-refractivity contribution in [3.05, 3.63) is 71.3 Å². The second kappa shape index (κ2) is 8.67. The number of hydrazine groups is 1. The molecule has 1 aliphatic rings. The molecule has 0 radical (unpaired) electrons. The predicted octanol–water partition coefficient (Wildman–Crippen LogP) is 2.88. The van der Waals surface area contributed by atoms with Crippen molar-refractivity contribution in [1.82, 2.24) is 20.7 Å². The monoisotopic (exact) mass is 408 g/mol. The third kappa shape index (κ3) is 4.07. The summed E-state index contributed by atoms with van der Waals surface area (Å²) in [5.41, 5.74) is 4.24. The van der Waals surface area contributed by atoms with Crippen molar-refractivity contribution in [2.75, 3.05) is 13.6 Å². The van der Waals surface area contributed by atoms with E-state index in [9.17, 15) is 14.4 Å². The topological polar surface area (TPSA) is 81.8 Å². The SMILES string of the molecule is CCC1(c2ccccc2)NC(=O)N(NC(=O)CN(C)C(C)c2ccc(C)cc2)C1=O. The van der Waals surface area contributed by atoms with Crippen LogP contribution in [0.2, 0.25) is 0 Å². The van der Waals surface area contributed by atoms with Crippen LogP contribution >= 0.6 is 0 Å². The first-order valence-electron chi connectivity index (χ1n) is 10.1. The van der Waals surface area contributed by atoms with E-state index in [0.29, 0.717) is 12.0 Å². The molecule has 1 fully saturated rings. The average molecular weight is 409 g/mol. The van der Waals surface area contributed by atoms with Gasteiger partial charge in [-0.25, -0.2) is 4.79 Å². The number of nitrogens with one attached hydrogen (secondary N) is 2. The molecule has 0 spiro atoms. The first-order valence-corrected chi connectivity index (χ1v) is 10.1. The highest BCUT2D eigenvalue weighted by Gasteiger charge is 2.52. The van der Waals surface area contributed by atoms with E-state index in [1.807, 2.05) is 75.2 Å². The first kappa shape index (κ1) is 21.5. The number of urea groups is 1. The summed E-state index contributed by atoms with van der Waals surface area (Å²) in [6, 6.07) is 16.5. The molecule has 30 heavy (non-hydrogen) atoms. The van der Waals surface area contributed by atoms with E-state index in [1.165, 1.54) is 5.56 Å². The zero-order valence-corrected chi connectivity index (χ0v) is 17.8. The molecule has 2 aromatic carbocycles. The van der Waals surface area contributed by atoms with E-state index < -0.39 is 23.4 Å². The summed E-state index contributed by atoms with van der Waals surface area (Å²) in [6.07, 6.45) is 0.373. The molecule has 7 heteroatoms. The second-order valence-electron chi connectivity index (χ2n) is 7.73. The molecule has 1 aliphatic heterocycles. The Kier molecular flexibility index (Phi) is 6.22. The third-order valence-corrected chi connectivity index (χ3v) is 5.74. The van der Waals surface area contributed by atoms with Crippen LogP contribution in [-0.4, -0.2) is 41.3 Å². The molecular formula is C23H28N4O3. The number of hydrogen-bond donors (Lipinski definition) is 2. The van der Waals surface area contributed by atoms with Crippen molar-refractivity contribution in [3.8, 4) is 0 Å². The number of carbonyl (C=O) groups is 3. The molecule has 158 valence electrons. The standard InChI is InChI=1S/C23H28N4O3/c1-5-23(19-9-7-6-8-10-19)21(29)27(22(30)24-23)25-20(28)15-26(4)17(3)18-13-11-16(2)12-14-18/h6-14,17H,5,15H2,1-4H3,(H,24,30)(H,25,28). The molecule has 2 aromatic rings. The molecule has 3 rings (SSSR count). The van der Waals surface area contributed by atoms with Crippen LogP contribution < -0.4 is 10.7 Å². The molecule has 0 bridgehead atoms. The highest BCUT2D eigenvalue weighted by molar-refractivity contribution is 6.08. The van der Waals surface area contributed by atoms with Crippen LogP contribution in [0, 0.1) is 6.92 Å². The molecule has 7 nitrogen and oxygen atoms in total. The van der Waals surface area contributed by atoms with Gasteiger partial charge in [0.1, 0.15) is 5.54 Å². The molecule has 1 heterocycles. The Hall–Kier alpha value is -3.19. The van der Waals surface area contributed by atoms with Crippen LogP contribution in [0.5, 0.6) is 0 Å². The molecule has 2 atom stereocenters. The largest absolute Gasteiger partial charge is 0.344 e. The van der Waals surface area contributed by atoms with Gasteiger partial charge in [-0.3, -0.25) is 19.9 Å². The number of likely N-dealkylation sites (N-methyl/N-ethyl adjacent to an activating group) is 1. The lowest BCUT2D eigenvalue weighted by atomic mass is 9.87. The van der Waals surface area contributed by atoms with Gasteiger partial charge in [0.05, 0.1) is 6.54 Å². The van der Waals surface area contributed by atoms with Crippen LogP contribution in [0.15, 0.2) is 54.6 Å². The van der Waals surface area contributed by atoms with E-state index in [1.54, 1.807) is 12.1 Å². The summed E-state index contributed by atoms with van der Waals surface area (Å²) in [4.78, 5) is 40.1. The van der Waals surface area contributed by atoms with Crippen LogP contribution in [-0.2, 0) is 15.1 Å². The molecular weight excluding hydrogens is 380 g/mol. The average Bonchev–Trinajstić information content (AvgIpc) is 2.99. The van der Waals surface area contributed by atoms with Crippen molar-refractivity contribution < 1.29 is 14.4 Å². The summed E-state index contributed by atoms with van der Waals surface area (Å²) in [7, 11) is 1.83. The maximum absolute atomic E-state index is 13.1. The maximum atomic E-state index is 13.1. The number of amides is 4. The van der Waals surface area contributed by atoms with Gasteiger partial charge in [0.15, 0.2) is 0 Å². The van der Waals surface area contributed by atoms with Gasteiger partial charge >= 0.3 is 6.03 Å². The van der Waals surface area contributed by atoms with E-state index in [4.69, 9.17) is 0 Å². The van der Waals surface area contributed by atoms with Gasteiger partial charge in [-0.2, -0.15) is 5.01 Å². The quantitative estimate of drug-likeness (QED) is 0.691. The van der Waals surface area contributed by atoms with Crippen molar-refractivity contribution >= 4 is 17.8 Å². The lowest BCUT2D eigenvalue weighted by molar-refractivity contribution is -0.139. The van der Waals surface area contributed by atoms with Gasteiger partial charge in [-0.05, 0) is 38.4 Å². The molecule has 4 amide bonds. The minimum Gasteiger partial charge on any atom is -0.318 e. The van der Waals surface area contributed by atoms with Crippen molar-refractivity contribution in [3.63, 3.8) is 0 Å². The number of imide groups is 1. The summed E-state index contributed by atoms with van der Waals surface area (Å²) < 4.78 is 0. The lowest BCUT2D eigenvalue weighted by Gasteiger charge is -2.27. The lowest BCUT2D eigenvalue weighted by Crippen LogP contribution is -2.50. The van der Waals surface area contributed by atoms with Gasteiger partial charge < -0.3 is 5.32 Å². The van der Waals surface area contributed by atoms with Crippen LogP contribution in [0.3, 0.4) is 0 Å².